The summed E-state index contributed by atoms with van der Waals surface area (Å²) in [7, 11) is -30.5. The molecule has 12 aromatic heterocycles. The summed E-state index contributed by atoms with van der Waals surface area (Å²) >= 11 is 0. The summed E-state index contributed by atoms with van der Waals surface area (Å²) in [4.78, 5) is 54.2. The minimum Gasteiger partial charge on any atom is 2.00 e. The van der Waals surface area contributed by atoms with Gasteiger partial charge in [0.15, 0.2) is 34.9 Å². The molecule has 0 spiro atoms. The Bertz CT molecular complexity index is 6240. The molecule has 0 aliphatic heterocycles. The van der Waals surface area contributed by atoms with Crippen LogP contribution in [0.5, 0.6) is 0 Å². The second-order valence-corrected chi connectivity index (χ2v) is 37.4. The van der Waals surface area contributed by atoms with Gasteiger partial charge in [0.2, 0.25) is 0 Å². The van der Waals surface area contributed by atoms with E-state index in [0.29, 0.717) is 0 Å². The second kappa shape index (κ2) is 44.7. The van der Waals surface area contributed by atoms with Crippen LogP contribution in [-0.2, 0) is 81.9 Å². The van der Waals surface area contributed by atoms with Crippen molar-refractivity contribution in [1.29, 1.82) is 15.8 Å². The average Bonchev–Trinajstić information content (AvgIpc) is 1.24. The van der Waals surface area contributed by atoms with E-state index in [1.807, 2.05) is 267 Å². The topological polar surface area (TPSA) is 256 Å². The van der Waals surface area contributed by atoms with Crippen LogP contribution < -0.4 is 0 Å². The zero-order chi connectivity index (χ0) is 105. The minimum atomic E-state index is -10.7. The monoisotopic (exact) mass is 2430 g/mol. The van der Waals surface area contributed by atoms with Gasteiger partial charge in [0, 0.05) is 100 Å². The third kappa shape index (κ3) is 45.3. The van der Waals surface area contributed by atoms with E-state index in [9.17, 15) is 101 Å². The van der Waals surface area contributed by atoms with E-state index in [4.69, 9.17) is 15.8 Å². The Balaban J connectivity index is 0.000000329. The first kappa shape index (κ1) is 120. The summed E-state index contributed by atoms with van der Waals surface area (Å²) in [5.41, 5.74) is 25.2. The summed E-state index contributed by atoms with van der Waals surface area (Å²) in [5, 5.41) is 22.0. The van der Waals surface area contributed by atoms with E-state index in [2.05, 4.69) is 160 Å². The summed E-state index contributed by atoms with van der Waals surface area (Å²) in [6.45, 7) is 16.5. The Morgan fingerprint density at radius 3 is 0.383 bits per heavy atom. The number of fused-ring (bicyclic) bond motifs is 6. The Labute approximate surface area is 816 Å². The number of rotatable bonds is 6. The van der Waals surface area contributed by atoms with Gasteiger partial charge in [0.25, 0.3) is 0 Å². The van der Waals surface area contributed by atoms with Gasteiger partial charge in [-0.25, -0.2) is 29.9 Å². The van der Waals surface area contributed by atoms with Gasteiger partial charge in [0.1, 0.15) is 34.2 Å². The number of imidazole rings is 6. The molecule has 756 valence electrons. The van der Waals surface area contributed by atoms with E-state index in [-0.39, 0.29) is 39.6 Å². The molecule has 0 bridgehead atoms. The SMILES string of the molecule is CC#N.CC#N.CC#N.Cc1ccc(-c2nc3ccccc3n2C)nc1.Cc1ccc(-c2nc3ccccc3n2C)nc1.Cc1ccc(-c2nc3ccccc3n2C)nc1.Cc1ccc(-c2nc3ccccc3n2C)nc1.Cc1ccc(-c2nc3ccccc3n2C)nc1.Cc1ccc(-c2nc3ccccc3n2C)nc1.F[P-](F)(F)(F)(F)F.F[P-](F)(F)(F)(F)F.F[P-](F)(F)(F)(F)F.F[P-](F)(F)(F)(F)F.[Os+2].[Os+2]. The molecule has 0 unspecified atom stereocenters. The number of hydrogen-bond donors (Lipinski definition) is 0. The number of para-hydroxylation sites is 12. The fraction of sp³-hybridized carbons (Fsp3) is 0.167. The number of halogens is 24. The average molecular weight is 2420 g/mol. The maximum Gasteiger partial charge on any atom is 2.00 e. The number of aromatic nitrogens is 18. The first-order valence-electron chi connectivity index (χ1n) is 39.8. The minimum absolute atomic E-state index is 0. The Kier molecular flexibility index (Phi) is 38.1. The molecule has 18 rings (SSSR count). The van der Waals surface area contributed by atoms with Crippen molar-refractivity contribution in [3.63, 3.8) is 0 Å². The van der Waals surface area contributed by atoms with Gasteiger partial charge < -0.3 is 27.4 Å². The van der Waals surface area contributed by atoms with Gasteiger partial charge in [-0.3, -0.25) is 29.9 Å². The Morgan fingerprint density at radius 2 is 0.298 bits per heavy atom. The molecular formula is C90H87F24N21Os2P4. The number of nitrogens with zero attached hydrogens (tertiary/aromatic N) is 21. The predicted octanol–water partition coefficient (Wildman–Crippen LogP) is 32.8. The van der Waals surface area contributed by atoms with E-state index in [1.54, 1.807) is 18.2 Å². The van der Waals surface area contributed by atoms with Crippen molar-refractivity contribution in [3.8, 4) is 87.3 Å². The van der Waals surface area contributed by atoms with Crippen LogP contribution in [0.3, 0.4) is 0 Å². The van der Waals surface area contributed by atoms with Gasteiger partial charge >= 0.3 is 172 Å². The Morgan fingerprint density at radius 1 is 0.199 bits per heavy atom. The van der Waals surface area contributed by atoms with Crippen LogP contribution in [0.25, 0.3) is 135 Å². The van der Waals surface area contributed by atoms with Crippen LogP contribution in [0, 0.1) is 75.5 Å². The number of aryl methyl sites for hydroxylation is 12. The van der Waals surface area contributed by atoms with Crippen LogP contribution in [0.1, 0.15) is 54.2 Å². The summed E-state index contributed by atoms with van der Waals surface area (Å²) in [6, 6.07) is 78.4. The van der Waals surface area contributed by atoms with Gasteiger partial charge in [-0.15, -0.1) is 0 Å². The molecule has 12 heterocycles. The zero-order valence-corrected chi connectivity index (χ0v) is 85.4. The van der Waals surface area contributed by atoms with Gasteiger partial charge in [-0.05, 0) is 184 Å². The fourth-order valence-electron chi connectivity index (χ4n) is 11.8. The second-order valence-electron chi connectivity index (χ2n) is 29.7. The van der Waals surface area contributed by atoms with E-state index < -0.39 is 31.2 Å². The summed E-state index contributed by atoms with van der Waals surface area (Å²) < 4.78 is 249. The predicted molar refractivity (Wildman–Crippen MR) is 500 cm³/mol. The van der Waals surface area contributed by atoms with Crippen molar-refractivity contribution in [2.45, 2.75) is 62.3 Å². The van der Waals surface area contributed by atoms with Crippen LogP contribution in [-0.4, -0.2) is 87.2 Å². The molecule has 6 aromatic carbocycles. The van der Waals surface area contributed by atoms with Crippen LogP contribution in [0.4, 0.5) is 101 Å². The molecular weight excluding hydrogens is 2340 g/mol. The molecule has 0 N–H and O–H groups in total. The fourth-order valence-corrected chi connectivity index (χ4v) is 11.8. The summed E-state index contributed by atoms with van der Waals surface area (Å²) in [6.07, 6.45) is 11.2. The molecule has 0 saturated carbocycles. The van der Waals surface area contributed by atoms with E-state index in [0.717, 1.165) is 169 Å². The van der Waals surface area contributed by atoms with Crippen molar-refractivity contribution >= 4 is 97.4 Å². The van der Waals surface area contributed by atoms with Gasteiger partial charge in [-0.1, -0.05) is 109 Å². The van der Waals surface area contributed by atoms with Gasteiger partial charge in [-0.2, -0.15) is 15.8 Å². The first-order chi connectivity index (χ1) is 63.6. The molecule has 0 atom stereocenters. The molecule has 21 nitrogen and oxygen atoms in total. The normalized spacial score (nSPS) is 12.7. The molecule has 0 radical (unpaired) electrons. The third-order valence-electron chi connectivity index (χ3n) is 17.6. The molecule has 0 fully saturated rings. The maximum absolute atomic E-state index is 10.7. The molecule has 0 amide bonds. The number of pyridine rings is 6. The number of nitriles is 3. The largest absolute Gasteiger partial charge is 2.00 e. The third-order valence-corrected chi connectivity index (χ3v) is 17.6. The molecule has 0 saturated heterocycles. The molecule has 141 heavy (non-hydrogen) atoms. The van der Waals surface area contributed by atoms with E-state index in [1.165, 1.54) is 20.8 Å². The van der Waals surface area contributed by atoms with Crippen LogP contribution in [0.2, 0.25) is 0 Å². The van der Waals surface area contributed by atoms with E-state index >= 15 is 0 Å². The number of benzene rings is 6. The molecule has 51 heteroatoms. The van der Waals surface area contributed by atoms with Crippen molar-refractivity contribution in [2.75, 3.05) is 0 Å². The van der Waals surface area contributed by atoms with Crippen LogP contribution in [0.15, 0.2) is 256 Å². The van der Waals surface area contributed by atoms with Crippen LogP contribution >= 0.6 is 31.2 Å². The summed E-state index contributed by atoms with van der Waals surface area (Å²) in [5.74, 6) is 5.45. The zero-order valence-electron chi connectivity index (χ0n) is 76.7. The first-order valence-corrected chi connectivity index (χ1v) is 47.9. The molecule has 0 aliphatic rings. The van der Waals surface area contributed by atoms with Crippen molar-refractivity contribution in [1.82, 2.24) is 87.2 Å². The smallest absolute Gasteiger partial charge is 2.00 e. The van der Waals surface area contributed by atoms with Crippen molar-refractivity contribution < 1.29 is 140 Å². The molecule has 18 aromatic rings. The van der Waals surface area contributed by atoms with Crippen molar-refractivity contribution in [2.24, 2.45) is 42.3 Å². The molecule has 0 aliphatic carbocycles. The van der Waals surface area contributed by atoms with Gasteiger partial charge in [0.05, 0.1) is 84.4 Å². The maximum atomic E-state index is 9.87. The Hall–Kier alpha value is -13.2. The van der Waals surface area contributed by atoms with Crippen molar-refractivity contribution in [3.05, 3.63) is 289 Å². The standard InChI is InChI=1S/6C14H13N3.3C2H3N.4F6P.2Os/c6*1-10-7-8-12(15-9-10)14-16-11-5-3-4-6-13(11)17(14)2;3*1-2-3;4*1-7(2,3,4,5)6;;/h6*3-9H,1-2H3;3*1H3;;;;;;/q;;;;;;;;;4*-1;2*+2. The quantitative estimate of drug-likeness (QED) is 0.111. The number of hydrogen-bond acceptors (Lipinski definition) is 15.